The lowest BCUT2D eigenvalue weighted by molar-refractivity contribution is -0.00128. The van der Waals surface area contributed by atoms with Crippen LogP contribution in [0.25, 0.3) is 0 Å². The summed E-state index contributed by atoms with van der Waals surface area (Å²) in [5, 5.41) is 39.8. The molecule has 1 aromatic rings. The smallest absolute Gasteiger partial charge is 0.106 e. The molecule has 382 valence electrons. The van der Waals surface area contributed by atoms with E-state index in [1.165, 1.54) is 63.5 Å². The lowest BCUT2D eigenvalue weighted by Crippen LogP contribution is -2.32. The van der Waals surface area contributed by atoms with Gasteiger partial charge in [0.05, 0.1) is 23.1 Å². The minimum atomic E-state index is -0.528. The van der Waals surface area contributed by atoms with E-state index >= 15 is 0 Å². The van der Waals surface area contributed by atoms with Crippen molar-refractivity contribution >= 4 is 11.4 Å². The minimum absolute atomic E-state index is 0.0278. The molecule has 1 heterocycles. The largest absolute Gasteiger partial charge is 0.411 e. The van der Waals surface area contributed by atoms with Crippen molar-refractivity contribution < 1.29 is 24.6 Å². The minimum Gasteiger partial charge on any atom is -0.411 e. The molecule has 0 spiro atoms. The molecule has 3 atom stereocenters. The van der Waals surface area contributed by atoms with Gasteiger partial charge >= 0.3 is 0 Å². The third kappa shape index (κ3) is 35.8. The van der Waals surface area contributed by atoms with Crippen LogP contribution in [0.2, 0.25) is 0 Å². The molecule has 3 N–H and O–H groups in total. The quantitative estimate of drug-likeness (QED) is 0.104. The number of aromatic nitrogens is 2. The SMILES string of the molecule is CC(C)(C)C/C(=N/O)C1CC1.CC(C)(C)CC(C)(O)C1CC1.CC(C)(C)CC(F)C1CC1.CC(C)(C)CC(O)C1CC1.CC(C)(C)CCn1cccn1.CO/N=C(/CC(C)(C)C)C1CC1. The van der Waals surface area contributed by atoms with Crippen LogP contribution in [0, 0.1) is 62.1 Å². The van der Waals surface area contributed by atoms with E-state index in [2.05, 4.69) is 140 Å². The Balaban J connectivity index is 0.000000390. The Labute approximate surface area is 401 Å². The maximum absolute atomic E-state index is 13.1. The molecule has 0 radical (unpaired) electrons. The van der Waals surface area contributed by atoms with Crippen LogP contribution in [0.5, 0.6) is 0 Å². The van der Waals surface area contributed by atoms with Crippen molar-refractivity contribution in [2.75, 3.05) is 7.11 Å². The molecule has 0 bridgehead atoms. The molecule has 5 aliphatic carbocycles. The van der Waals surface area contributed by atoms with Crippen LogP contribution >= 0.6 is 0 Å². The second-order valence-electron chi connectivity index (χ2n) is 28.1. The fourth-order valence-corrected chi connectivity index (χ4v) is 7.84. The van der Waals surface area contributed by atoms with E-state index in [0.29, 0.717) is 39.9 Å². The third-order valence-electron chi connectivity index (χ3n) is 11.8. The number of hydrogen-bond donors (Lipinski definition) is 3. The summed E-state index contributed by atoms with van der Waals surface area (Å²) in [7, 11) is 1.63. The van der Waals surface area contributed by atoms with Gasteiger partial charge in [-0.05, 0) is 166 Å². The first kappa shape index (κ1) is 61.0. The molecule has 6 rings (SSSR count). The van der Waals surface area contributed by atoms with Gasteiger partial charge in [0.25, 0.3) is 0 Å². The fraction of sp³-hybridized carbons (Fsp3) is 0.911. The van der Waals surface area contributed by atoms with E-state index < -0.39 is 11.8 Å². The van der Waals surface area contributed by atoms with Crippen LogP contribution in [0.4, 0.5) is 4.39 Å². The highest BCUT2D eigenvalue weighted by molar-refractivity contribution is 5.89. The van der Waals surface area contributed by atoms with Gasteiger partial charge < -0.3 is 20.3 Å². The van der Waals surface area contributed by atoms with Crippen LogP contribution in [-0.4, -0.2) is 61.6 Å². The van der Waals surface area contributed by atoms with E-state index in [1.54, 1.807) is 7.11 Å². The molecule has 8 nitrogen and oxygen atoms in total. The zero-order valence-electron chi connectivity index (χ0n) is 46.2. The number of nitrogens with zero attached hydrogens (tertiary/aromatic N) is 4. The Morgan fingerprint density at radius 2 is 1.11 bits per heavy atom. The number of oxime groups is 2. The van der Waals surface area contributed by atoms with Crippen LogP contribution in [-0.2, 0) is 11.4 Å². The molecular formula is C56H107FN4O4. The highest BCUT2D eigenvalue weighted by Gasteiger charge is 2.42. The number of halogens is 1. The predicted octanol–water partition coefficient (Wildman–Crippen LogP) is 15.8. The van der Waals surface area contributed by atoms with Gasteiger partial charge in [-0.3, -0.25) is 4.68 Å². The van der Waals surface area contributed by atoms with Gasteiger partial charge in [-0.15, -0.1) is 0 Å². The lowest BCUT2D eigenvalue weighted by atomic mass is 9.80. The lowest BCUT2D eigenvalue weighted by Gasteiger charge is -2.31. The summed E-state index contributed by atoms with van der Waals surface area (Å²) in [5.41, 5.74) is 3.56. The van der Waals surface area contributed by atoms with Gasteiger partial charge in [0, 0.05) is 30.8 Å². The summed E-state index contributed by atoms with van der Waals surface area (Å²) in [5.74, 6) is 2.96. The first-order valence-corrected chi connectivity index (χ1v) is 25.8. The molecule has 5 fully saturated rings. The maximum Gasteiger partial charge on any atom is 0.106 e. The monoisotopic (exact) mass is 919 g/mol. The van der Waals surface area contributed by atoms with Crippen molar-refractivity contribution in [3.63, 3.8) is 0 Å². The summed E-state index contributed by atoms with van der Waals surface area (Å²) in [6.45, 7) is 42.3. The molecule has 0 amide bonds. The summed E-state index contributed by atoms with van der Waals surface area (Å²) in [6.07, 6.45) is 21.3. The van der Waals surface area contributed by atoms with E-state index in [4.69, 9.17) is 10.0 Å². The van der Waals surface area contributed by atoms with Gasteiger partial charge in [-0.1, -0.05) is 135 Å². The average Bonchev–Trinajstić information content (AvgIpc) is 3.90. The molecule has 5 aliphatic rings. The molecule has 1 aromatic heterocycles. The normalized spacial score (nSPS) is 20.3. The summed E-state index contributed by atoms with van der Waals surface area (Å²) < 4.78 is 15.1. The van der Waals surface area contributed by atoms with Crippen molar-refractivity contribution in [2.45, 2.75) is 259 Å². The zero-order valence-corrected chi connectivity index (χ0v) is 46.2. The van der Waals surface area contributed by atoms with E-state index in [9.17, 15) is 14.6 Å². The first-order chi connectivity index (χ1) is 29.4. The summed E-state index contributed by atoms with van der Waals surface area (Å²) >= 11 is 0. The van der Waals surface area contributed by atoms with Gasteiger partial charge in [-0.25, -0.2) is 4.39 Å². The number of alkyl halides is 1. The van der Waals surface area contributed by atoms with Crippen LogP contribution in [0.3, 0.4) is 0 Å². The molecule has 0 aliphatic heterocycles. The summed E-state index contributed by atoms with van der Waals surface area (Å²) in [6, 6.07) is 1.96. The van der Waals surface area contributed by atoms with Gasteiger partial charge in [0.2, 0.25) is 0 Å². The number of rotatable bonds is 13. The fourth-order valence-electron chi connectivity index (χ4n) is 7.84. The molecule has 9 heteroatoms. The number of aliphatic hydroxyl groups is 2. The van der Waals surface area contributed by atoms with E-state index in [0.717, 1.165) is 63.1 Å². The van der Waals surface area contributed by atoms with Crippen molar-refractivity contribution in [1.82, 2.24) is 9.78 Å². The Kier molecular flexibility index (Phi) is 24.5. The highest BCUT2D eigenvalue weighted by Crippen LogP contribution is 2.45. The van der Waals surface area contributed by atoms with Crippen molar-refractivity contribution in [2.24, 2.45) is 72.4 Å². The second-order valence-corrected chi connectivity index (χ2v) is 28.1. The standard InChI is InChI=1S/C10H19NO.C10H20O.C9H17F.C9H16N2.C9H17NO.C9H18O/c1-10(2,3)7-9(11-12-4)8-5-6-8;1-9(2,3)7-10(4,11)8-5-6-8;1-9(2,3)6-8(10)7-4-5-7;1-9(2,3)5-8-11-7-4-6-10-11;1-9(2,3)6-8(10-11)7-4-5-7;1-9(2,3)6-8(10)7-4-5-7/h8H,5-7H2,1-4H3;8,11H,5-7H2,1-4H3;7-8H,4-6H2,1-3H3;4,6-7H,5,8H2,1-3H3;7,11H,4-6H2,1-3H3;7-8,10H,4-6H2,1-3H3/b11-9-;;;;10-8-;. The number of aryl methyl sites for hydroxylation is 1. The molecule has 0 aromatic carbocycles. The van der Waals surface area contributed by atoms with Crippen LogP contribution in [0.15, 0.2) is 28.8 Å². The summed E-state index contributed by atoms with van der Waals surface area (Å²) in [4.78, 5) is 4.84. The Bertz CT molecular complexity index is 1440. The third-order valence-corrected chi connectivity index (χ3v) is 11.8. The molecule has 3 unspecified atom stereocenters. The first-order valence-electron chi connectivity index (χ1n) is 25.8. The zero-order chi connectivity index (χ0) is 50.2. The van der Waals surface area contributed by atoms with Gasteiger partial charge in [-0.2, -0.15) is 5.10 Å². The Morgan fingerprint density at radius 1 is 0.646 bits per heavy atom. The van der Waals surface area contributed by atoms with Gasteiger partial charge in [0.15, 0.2) is 0 Å². The topological polar surface area (TPSA) is 112 Å². The molecular weight excluding hydrogens is 812 g/mol. The molecule has 0 saturated heterocycles. The molecule has 5 saturated carbocycles. The van der Waals surface area contributed by atoms with Crippen LogP contribution < -0.4 is 0 Å². The Hall–Kier alpha value is -2.00. The van der Waals surface area contributed by atoms with E-state index in [-0.39, 0.29) is 22.3 Å². The highest BCUT2D eigenvalue weighted by atomic mass is 19.1. The number of aliphatic hydroxyl groups excluding tert-OH is 1. The molecule has 65 heavy (non-hydrogen) atoms. The van der Waals surface area contributed by atoms with E-state index in [1.807, 2.05) is 30.1 Å². The van der Waals surface area contributed by atoms with Crippen molar-refractivity contribution in [3.05, 3.63) is 18.5 Å². The van der Waals surface area contributed by atoms with Crippen LogP contribution in [0.1, 0.15) is 234 Å². The van der Waals surface area contributed by atoms with Gasteiger partial charge in [0.1, 0.15) is 13.3 Å². The predicted molar refractivity (Wildman–Crippen MR) is 275 cm³/mol. The Morgan fingerprint density at radius 3 is 1.43 bits per heavy atom. The van der Waals surface area contributed by atoms with Crippen molar-refractivity contribution in [1.29, 1.82) is 0 Å². The average molecular weight is 919 g/mol. The number of hydrogen-bond acceptors (Lipinski definition) is 7. The second kappa shape index (κ2) is 26.1. The maximum atomic E-state index is 13.1. The van der Waals surface area contributed by atoms with Crippen molar-refractivity contribution in [3.8, 4) is 0 Å².